The fourth-order valence-electron chi connectivity index (χ4n) is 3.16. The van der Waals surface area contributed by atoms with Crippen LogP contribution in [0.25, 0.3) is 10.8 Å². The lowest BCUT2D eigenvalue weighted by molar-refractivity contribution is 0.0893. The van der Waals surface area contributed by atoms with E-state index in [2.05, 4.69) is 0 Å². The van der Waals surface area contributed by atoms with Crippen molar-refractivity contribution in [2.45, 2.75) is 0 Å². The van der Waals surface area contributed by atoms with Crippen molar-refractivity contribution in [3.63, 3.8) is 0 Å². The highest BCUT2D eigenvalue weighted by Crippen LogP contribution is 2.33. The van der Waals surface area contributed by atoms with E-state index < -0.39 is 0 Å². The van der Waals surface area contributed by atoms with E-state index in [4.69, 9.17) is 0 Å². The number of carbonyl (C=O) groups excluding carboxylic acids is 2. The second kappa shape index (κ2) is 5.20. The van der Waals surface area contributed by atoms with Gasteiger partial charge in [-0.3, -0.25) is 9.59 Å². The third-order valence-electron chi connectivity index (χ3n) is 4.40. The third-order valence-corrected chi connectivity index (χ3v) is 4.40. The van der Waals surface area contributed by atoms with E-state index in [9.17, 15) is 9.59 Å². The zero-order valence-corrected chi connectivity index (χ0v) is 13.5. The van der Waals surface area contributed by atoms with E-state index in [1.165, 1.54) is 4.90 Å². The lowest BCUT2D eigenvalue weighted by Crippen LogP contribution is -2.40. The summed E-state index contributed by atoms with van der Waals surface area (Å²) in [5, 5.41) is 1.66. The van der Waals surface area contributed by atoms with Gasteiger partial charge in [0.1, 0.15) is 0 Å². The maximum atomic E-state index is 12.9. The molecule has 0 radical (unpaired) electrons. The van der Waals surface area contributed by atoms with Crippen LogP contribution in [0.2, 0.25) is 0 Å². The average Bonchev–Trinajstić information content (AvgIpc) is 2.60. The highest BCUT2D eigenvalue weighted by atomic mass is 16.2. The van der Waals surface area contributed by atoms with E-state index in [1.54, 1.807) is 24.3 Å². The number of amides is 2. The summed E-state index contributed by atoms with van der Waals surface area (Å²) in [6, 6.07) is 18.5. The highest BCUT2D eigenvalue weighted by Gasteiger charge is 2.33. The number of anilines is 2. The van der Waals surface area contributed by atoms with Gasteiger partial charge < -0.3 is 4.90 Å². The molecule has 24 heavy (non-hydrogen) atoms. The lowest BCUT2D eigenvalue weighted by atomic mass is 9.94. The summed E-state index contributed by atoms with van der Waals surface area (Å²) in [7, 11) is 3.90. The molecule has 0 spiro atoms. The second-order valence-corrected chi connectivity index (χ2v) is 6.07. The van der Waals surface area contributed by atoms with Gasteiger partial charge in [0.25, 0.3) is 11.8 Å². The first kappa shape index (κ1) is 14.5. The van der Waals surface area contributed by atoms with E-state index in [0.717, 1.165) is 16.5 Å². The Bertz CT molecular complexity index is 924. The Balaban J connectivity index is 1.88. The summed E-state index contributed by atoms with van der Waals surface area (Å²) in [5.41, 5.74) is 2.74. The molecule has 0 saturated heterocycles. The normalized spacial score (nSPS) is 13.5. The SMILES string of the molecule is CN(C)c1ccc(N2C(=O)c3cccc4cccc(c34)C2=O)cc1. The minimum atomic E-state index is -0.276. The predicted molar refractivity (Wildman–Crippen MR) is 95.9 cm³/mol. The van der Waals surface area contributed by atoms with Crippen LogP contribution in [-0.2, 0) is 0 Å². The molecule has 3 aromatic carbocycles. The number of nitrogens with zero attached hydrogens (tertiary/aromatic N) is 2. The minimum Gasteiger partial charge on any atom is -0.378 e. The Morgan fingerprint density at radius 1 is 0.750 bits per heavy atom. The number of benzene rings is 3. The molecule has 1 aliphatic heterocycles. The van der Waals surface area contributed by atoms with Gasteiger partial charge >= 0.3 is 0 Å². The van der Waals surface area contributed by atoms with Gasteiger partial charge in [0.05, 0.1) is 5.69 Å². The van der Waals surface area contributed by atoms with Gasteiger partial charge in [-0.25, -0.2) is 4.90 Å². The van der Waals surface area contributed by atoms with Crippen LogP contribution in [0.5, 0.6) is 0 Å². The fourth-order valence-corrected chi connectivity index (χ4v) is 3.16. The van der Waals surface area contributed by atoms with Crippen molar-refractivity contribution in [2.75, 3.05) is 23.9 Å². The van der Waals surface area contributed by atoms with Crippen LogP contribution in [-0.4, -0.2) is 25.9 Å². The fraction of sp³-hybridized carbons (Fsp3) is 0.100. The molecule has 2 amide bonds. The molecule has 4 heteroatoms. The van der Waals surface area contributed by atoms with Crippen molar-refractivity contribution in [3.05, 3.63) is 71.8 Å². The summed E-state index contributed by atoms with van der Waals surface area (Å²) in [5.74, 6) is -0.552. The van der Waals surface area contributed by atoms with E-state index in [1.807, 2.05) is 55.4 Å². The molecule has 0 unspecified atom stereocenters. The highest BCUT2D eigenvalue weighted by molar-refractivity contribution is 6.35. The molecular formula is C20H16N2O2. The van der Waals surface area contributed by atoms with Crippen molar-refractivity contribution in [1.82, 2.24) is 0 Å². The molecular weight excluding hydrogens is 300 g/mol. The first-order valence-electron chi connectivity index (χ1n) is 7.76. The van der Waals surface area contributed by atoms with Crippen LogP contribution in [0.4, 0.5) is 11.4 Å². The van der Waals surface area contributed by atoms with Gasteiger partial charge in [-0.2, -0.15) is 0 Å². The Kier molecular flexibility index (Phi) is 3.13. The Hall–Kier alpha value is -3.14. The zero-order chi connectivity index (χ0) is 16.8. The van der Waals surface area contributed by atoms with Crippen molar-refractivity contribution >= 4 is 34.0 Å². The summed E-state index contributed by atoms with van der Waals surface area (Å²) < 4.78 is 0. The molecule has 1 aliphatic rings. The largest absolute Gasteiger partial charge is 0.378 e. The quantitative estimate of drug-likeness (QED) is 0.677. The molecule has 118 valence electrons. The van der Waals surface area contributed by atoms with E-state index >= 15 is 0 Å². The maximum absolute atomic E-state index is 12.9. The van der Waals surface area contributed by atoms with Crippen LogP contribution < -0.4 is 9.80 Å². The van der Waals surface area contributed by atoms with Crippen molar-refractivity contribution < 1.29 is 9.59 Å². The number of hydrogen-bond acceptors (Lipinski definition) is 3. The van der Waals surface area contributed by atoms with Gasteiger partial charge in [-0.15, -0.1) is 0 Å². The number of imide groups is 1. The lowest BCUT2D eigenvalue weighted by Gasteiger charge is -2.27. The van der Waals surface area contributed by atoms with E-state index in [-0.39, 0.29) is 11.8 Å². The Morgan fingerprint density at radius 3 is 1.79 bits per heavy atom. The van der Waals surface area contributed by atoms with Crippen LogP contribution in [0.3, 0.4) is 0 Å². The van der Waals surface area contributed by atoms with Gasteiger partial charge in [0, 0.05) is 36.3 Å². The first-order chi connectivity index (χ1) is 11.6. The number of carbonyl (C=O) groups is 2. The molecule has 0 bridgehead atoms. The Labute approximate surface area is 139 Å². The van der Waals surface area contributed by atoms with Crippen molar-refractivity contribution in [1.29, 1.82) is 0 Å². The van der Waals surface area contributed by atoms with Gasteiger partial charge in [0.2, 0.25) is 0 Å². The molecule has 4 nitrogen and oxygen atoms in total. The number of hydrogen-bond donors (Lipinski definition) is 0. The molecule has 0 aromatic heterocycles. The molecule has 0 atom stereocenters. The standard InChI is InChI=1S/C20H16N2O2/c1-21(2)14-9-11-15(12-10-14)22-19(23)16-7-3-5-13-6-4-8-17(18(13)16)20(22)24/h3-12H,1-2H3. The molecule has 0 N–H and O–H groups in total. The summed E-state index contributed by atoms with van der Waals surface area (Å²) >= 11 is 0. The van der Waals surface area contributed by atoms with Crippen LogP contribution in [0.1, 0.15) is 20.7 Å². The summed E-state index contributed by atoms with van der Waals surface area (Å²) in [4.78, 5) is 29.1. The molecule has 4 rings (SSSR count). The maximum Gasteiger partial charge on any atom is 0.265 e. The average molecular weight is 316 g/mol. The third kappa shape index (κ3) is 2.00. The second-order valence-electron chi connectivity index (χ2n) is 6.07. The van der Waals surface area contributed by atoms with Crippen molar-refractivity contribution in [3.8, 4) is 0 Å². The molecule has 3 aromatic rings. The van der Waals surface area contributed by atoms with Gasteiger partial charge in [-0.05, 0) is 41.8 Å². The number of rotatable bonds is 2. The summed E-state index contributed by atoms with van der Waals surface area (Å²) in [6.45, 7) is 0. The van der Waals surface area contributed by atoms with Crippen LogP contribution in [0.15, 0.2) is 60.7 Å². The topological polar surface area (TPSA) is 40.6 Å². The monoisotopic (exact) mass is 316 g/mol. The molecule has 0 fully saturated rings. The minimum absolute atomic E-state index is 0.276. The molecule has 0 aliphatic carbocycles. The first-order valence-corrected chi connectivity index (χ1v) is 7.76. The van der Waals surface area contributed by atoms with Crippen LogP contribution in [0, 0.1) is 0 Å². The smallest absolute Gasteiger partial charge is 0.265 e. The van der Waals surface area contributed by atoms with Crippen molar-refractivity contribution in [2.24, 2.45) is 0 Å². The predicted octanol–water partition coefficient (Wildman–Crippen LogP) is 3.71. The summed E-state index contributed by atoms with van der Waals surface area (Å²) in [6.07, 6.45) is 0. The molecule has 0 saturated carbocycles. The van der Waals surface area contributed by atoms with E-state index in [0.29, 0.717) is 16.8 Å². The Morgan fingerprint density at radius 2 is 1.29 bits per heavy atom. The van der Waals surface area contributed by atoms with Crippen LogP contribution >= 0.6 is 0 Å². The van der Waals surface area contributed by atoms with Gasteiger partial charge in [-0.1, -0.05) is 24.3 Å². The zero-order valence-electron chi connectivity index (χ0n) is 13.5. The molecule has 1 heterocycles. The van der Waals surface area contributed by atoms with Gasteiger partial charge in [0.15, 0.2) is 0 Å².